The van der Waals surface area contributed by atoms with Gasteiger partial charge in [0.15, 0.2) is 0 Å². The predicted molar refractivity (Wildman–Crippen MR) is 64.7 cm³/mol. The Labute approximate surface area is 104 Å². The van der Waals surface area contributed by atoms with Crippen molar-refractivity contribution in [1.29, 1.82) is 0 Å². The van der Waals surface area contributed by atoms with E-state index in [1.807, 2.05) is 0 Å². The SMILES string of the molecule is NCCc1c2c(F)cccc2n2oc(=O)c(=O)oc12. The third kappa shape index (κ3) is 1.59. The van der Waals surface area contributed by atoms with Crippen LogP contribution in [0.25, 0.3) is 16.6 Å². The molecule has 19 heavy (non-hydrogen) atoms. The van der Waals surface area contributed by atoms with Crippen molar-refractivity contribution in [3.8, 4) is 0 Å². The lowest BCUT2D eigenvalue weighted by atomic mass is 10.1. The summed E-state index contributed by atoms with van der Waals surface area (Å²) in [4.78, 5) is 22.5. The largest absolute Gasteiger partial charge is 0.442 e. The molecule has 0 atom stereocenters. The monoisotopic (exact) mass is 264 g/mol. The summed E-state index contributed by atoms with van der Waals surface area (Å²) in [5.74, 6) is -0.491. The molecule has 0 unspecified atom stereocenters. The molecular formula is C12H9FN2O4. The first-order valence-corrected chi connectivity index (χ1v) is 5.60. The van der Waals surface area contributed by atoms with Crippen molar-refractivity contribution < 1.29 is 13.3 Å². The maximum absolute atomic E-state index is 13.9. The Morgan fingerprint density at radius 3 is 2.79 bits per heavy atom. The van der Waals surface area contributed by atoms with E-state index in [2.05, 4.69) is 0 Å². The van der Waals surface area contributed by atoms with Crippen molar-refractivity contribution in [2.75, 3.05) is 6.54 Å². The van der Waals surface area contributed by atoms with E-state index in [0.717, 1.165) is 4.57 Å². The van der Waals surface area contributed by atoms with Crippen LogP contribution in [0.1, 0.15) is 5.56 Å². The van der Waals surface area contributed by atoms with Gasteiger partial charge in [-0.1, -0.05) is 6.07 Å². The molecule has 0 amide bonds. The number of hydrogen-bond acceptors (Lipinski definition) is 5. The molecule has 2 heterocycles. The quantitative estimate of drug-likeness (QED) is 0.686. The van der Waals surface area contributed by atoms with Gasteiger partial charge in [0.2, 0.25) is 5.71 Å². The number of nitrogens with zero attached hydrogens (tertiary/aromatic N) is 1. The van der Waals surface area contributed by atoms with Crippen molar-refractivity contribution in [1.82, 2.24) is 4.57 Å². The lowest BCUT2D eigenvalue weighted by Gasteiger charge is -1.96. The van der Waals surface area contributed by atoms with E-state index in [4.69, 9.17) is 14.7 Å². The van der Waals surface area contributed by atoms with Crippen LogP contribution < -0.4 is 17.0 Å². The Bertz CT molecular complexity index is 890. The average molecular weight is 264 g/mol. The molecule has 7 heteroatoms. The highest BCUT2D eigenvalue weighted by molar-refractivity contribution is 5.90. The Morgan fingerprint density at radius 2 is 2.05 bits per heavy atom. The third-order valence-electron chi connectivity index (χ3n) is 2.88. The summed E-state index contributed by atoms with van der Waals surface area (Å²) in [5.41, 5.74) is 3.94. The first-order valence-electron chi connectivity index (χ1n) is 5.60. The van der Waals surface area contributed by atoms with Gasteiger partial charge in [-0.25, -0.2) is 14.0 Å². The number of benzene rings is 1. The fraction of sp³-hybridized carbons (Fsp3) is 0.167. The van der Waals surface area contributed by atoms with Gasteiger partial charge >= 0.3 is 11.3 Å². The fourth-order valence-corrected chi connectivity index (χ4v) is 2.14. The van der Waals surface area contributed by atoms with E-state index in [1.165, 1.54) is 12.1 Å². The van der Waals surface area contributed by atoms with Gasteiger partial charge in [-0.05, 0) is 25.1 Å². The molecule has 0 aliphatic carbocycles. The van der Waals surface area contributed by atoms with Crippen LogP contribution in [0.4, 0.5) is 4.39 Å². The van der Waals surface area contributed by atoms with Crippen LogP contribution >= 0.6 is 0 Å². The molecular weight excluding hydrogens is 255 g/mol. The lowest BCUT2D eigenvalue weighted by Crippen LogP contribution is -2.23. The summed E-state index contributed by atoms with van der Waals surface area (Å²) in [7, 11) is 0. The summed E-state index contributed by atoms with van der Waals surface area (Å²) in [6, 6.07) is 4.31. The maximum atomic E-state index is 13.9. The molecule has 2 aromatic heterocycles. The van der Waals surface area contributed by atoms with Crippen molar-refractivity contribution in [3.05, 3.63) is 50.4 Å². The Hall–Kier alpha value is -2.41. The van der Waals surface area contributed by atoms with Gasteiger partial charge in [0.05, 0.1) is 5.52 Å². The van der Waals surface area contributed by atoms with E-state index in [9.17, 15) is 14.0 Å². The molecule has 0 saturated heterocycles. The molecule has 0 aliphatic heterocycles. The molecule has 1 aromatic carbocycles. The number of nitrogens with two attached hydrogens (primary N) is 1. The van der Waals surface area contributed by atoms with Gasteiger partial charge in [0, 0.05) is 10.9 Å². The van der Waals surface area contributed by atoms with Crippen LogP contribution in [0.2, 0.25) is 0 Å². The second kappa shape index (κ2) is 4.06. The molecule has 0 saturated carbocycles. The van der Waals surface area contributed by atoms with Crippen molar-refractivity contribution in [2.45, 2.75) is 6.42 Å². The van der Waals surface area contributed by atoms with Crippen LogP contribution in [-0.4, -0.2) is 11.1 Å². The van der Waals surface area contributed by atoms with Gasteiger partial charge in [-0.15, -0.1) is 4.57 Å². The minimum Gasteiger partial charge on any atom is -0.397 e. The topological polar surface area (TPSA) is 90.9 Å². The Kier molecular flexibility index (Phi) is 2.49. The summed E-state index contributed by atoms with van der Waals surface area (Å²) in [6.45, 7) is 0.242. The molecule has 98 valence electrons. The molecule has 0 fully saturated rings. The normalized spacial score (nSPS) is 11.5. The molecule has 3 rings (SSSR count). The first kappa shape index (κ1) is 11.7. The number of hydrogen-bond donors (Lipinski definition) is 1. The number of aromatic nitrogens is 1. The number of rotatable bonds is 2. The van der Waals surface area contributed by atoms with Crippen molar-refractivity contribution in [3.63, 3.8) is 0 Å². The Morgan fingerprint density at radius 1 is 1.26 bits per heavy atom. The minimum atomic E-state index is -1.15. The first-order chi connectivity index (χ1) is 9.13. The second-order valence-electron chi connectivity index (χ2n) is 4.02. The molecule has 0 aliphatic rings. The third-order valence-corrected chi connectivity index (χ3v) is 2.88. The van der Waals surface area contributed by atoms with Crippen molar-refractivity contribution in [2.24, 2.45) is 5.73 Å². The second-order valence-corrected chi connectivity index (χ2v) is 4.02. The molecule has 0 radical (unpaired) electrons. The molecule has 2 N–H and O–H groups in total. The van der Waals surface area contributed by atoms with E-state index < -0.39 is 17.1 Å². The van der Waals surface area contributed by atoms with E-state index >= 15 is 0 Å². The van der Waals surface area contributed by atoms with Crippen LogP contribution in [0.15, 0.2) is 36.7 Å². The average Bonchev–Trinajstić information content (AvgIpc) is 2.67. The van der Waals surface area contributed by atoms with Gasteiger partial charge in [-0.2, -0.15) is 0 Å². The van der Waals surface area contributed by atoms with E-state index in [1.54, 1.807) is 6.07 Å². The van der Waals surface area contributed by atoms with Crippen LogP contribution in [0.3, 0.4) is 0 Å². The Balaban J connectivity index is 2.61. The number of halogens is 1. The minimum absolute atomic E-state index is 0.00940. The smallest absolute Gasteiger partial charge is 0.397 e. The number of fused-ring (bicyclic) bond motifs is 3. The highest BCUT2D eigenvalue weighted by Gasteiger charge is 2.19. The predicted octanol–water partition coefficient (Wildman–Crippen LogP) is 0.639. The van der Waals surface area contributed by atoms with Crippen molar-refractivity contribution >= 4 is 16.6 Å². The van der Waals surface area contributed by atoms with E-state index in [0.29, 0.717) is 17.5 Å². The molecule has 6 nitrogen and oxygen atoms in total. The lowest BCUT2D eigenvalue weighted by molar-refractivity contribution is 0.286. The molecule has 3 aromatic rings. The maximum Gasteiger partial charge on any atom is 0.442 e. The zero-order chi connectivity index (χ0) is 13.6. The summed E-state index contributed by atoms with van der Waals surface area (Å²) >= 11 is 0. The standard InChI is InChI=1S/C12H9FN2O4/c13-7-2-1-3-8-9(7)6(4-5-14)10-15(8)19-12(17)11(16)18-10/h1-3H,4-5,14H2. The fourth-order valence-electron chi connectivity index (χ4n) is 2.14. The zero-order valence-electron chi connectivity index (χ0n) is 9.68. The summed E-state index contributed by atoms with van der Waals surface area (Å²) in [6.07, 6.45) is 0.296. The van der Waals surface area contributed by atoms with Crippen LogP contribution in [0.5, 0.6) is 0 Å². The van der Waals surface area contributed by atoms with Crippen LogP contribution in [-0.2, 0) is 6.42 Å². The van der Waals surface area contributed by atoms with Gasteiger partial charge in [0.25, 0.3) is 0 Å². The van der Waals surface area contributed by atoms with Gasteiger partial charge in [-0.3, -0.25) is 0 Å². The molecule has 0 bridgehead atoms. The van der Waals surface area contributed by atoms with E-state index in [-0.39, 0.29) is 17.6 Å². The highest BCUT2D eigenvalue weighted by Crippen LogP contribution is 2.27. The summed E-state index contributed by atoms with van der Waals surface area (Å²) in [5, 5.41) is 0.241. The molecule has 0 spiro atoms. The van der Waals surface area contributed by atoms with Gasteiger partial charge < -0.3 is 14.7 Å². The van der Waals surface area contributed by atoms with Crippen LogP contribution in [0, 0.1) is 5.82 Å². The highest BCUT2D eigenvalue weighted by atomic mass is 19.1. The van der Waals surface area contributed by atoms with Gasteiger partial charge in [0.1, 0.15) is 5.82 Å². The zero-order valence-corrected chi connectivity index (χ0v) is 9.68. The summed E-state index contributed by atoms with van der Waals surface area (Å²) < 4.78 is 24.7.